The number of ether oxygens (including phenoxy) is 3. The molecule has 0 unspecified atom stereocenters. The van der Waals surface area contributed by atoms with Crippen molar-refractivity contribution in [2.75, 3.05) is 11.9 Å². The van der Waals surface area contributed by atoms with E-state index in [1.54, 1.807) is 12.1 Å². The maximum Gasteiger partial charge on any atom is 0.308 e. The molecule has 4 saturated heterocycles. The number of carbonyl (C=O) groups is 2. The van der Waals surface area contributed by atoms with Crippen LogP contribution in [0.5, 0.6) is 0 Å². The number of aliphatic hydroxyl groups is 1. The van der Waals surface area contributed by atoms with Crippen LogP contribution in [0.3, 0.4) is 0 Å². The topological polar surface area (TPSA) is 104 Å². The van der Waals surface area contributed by atoms with Gasteiger partial charge in [-0.1, -0.05) is 74.5 Å². The van der Waals surface area contributed by atoms with Crippen LogP contribution in [0, 0.1) is 11.7 Å². The van der Waals surface area contributed by atoms with E-state index in [4.69, 9.17) is 14.2 Å². The number of halogens is 1. The zero-order chi connectivity index (χ0) is 29.3. The molecule has 4 aliphatic rings. The van der Waals surface area contributed by atoms with Crippen LogP contribution in [0.4, 0.5) is 10.1 Å². The molecule has 3 aromatic rings. The van der Waals surface area contributed by atoms with Gasteiger partial charge in [-0.15, -0.1) is 0 Å². The lowest BCUT2D eigenvalue weighted by Crippen LogP contribution is -2.52. The van der Waals surface area contributed by atoms with Crippen LogP contribution < -0.4 is 5.32 Å². The summed E-state index contributed by atoms with van der Waals surface area (Å²) in [5.41, 5.74) is -2.89. The van der Waals surface area contributed by atoms with E-state index in [2.05, 4.69) is 10.2 Å². The molecule has 4 fully saturated rings. The number of likely N-dealkylation sites (tertiary alicyclic amines) is 1. The third kappa shape index (κ3) is 3.48. The molecule has 1 amide bonds. The first-order chi connectivity index (χ1) is 20.2. The summed E-state index contributed by atoms with van der Waals surface area (Å²) in [7, 11) is 0. The van der Waals surface area contributed by atoms with Gasteiger partial charge in [0.15, 0.2) is 17.1 Å². The standard InChI is InChI=1S/C33H33FN2O6/c1-21(2)32-31(42-32,29(39)35-25-11-7-4-8-12-25)30(22-9-5-3-6-10-22)33(41-30,23-13-15-24(34)16-14-23)36(32)18-17-27-19-26(37)20-28(38)40-27/h3-16,21,26-27,37H,17-20H2,1-2H3,(H,35,39)/t26-,27-,30-,31+,32+,33+/m1/s1. The molecule has 0 saturated carbocycles. The van der Waals surface area contributed by atoms with Crippen LogP contribution in [-0.2, 0) is 35.1 Å². The Morgan fingerprint density at radius 1 is 1.00 bits per heavy atom. The number of rotatable bonds is 8. The van der Waals surface area contributed by atoms with E-state index in [0.717, 1.165) is 5.56 Å². The third-order valence-corrected chi connectivity index (χ3v) is 9.24. The smallest absolute Gasteiger partial charge is 0.308 e. The fourth-order valence-electron chi connectivity index (χ4n) is 7.57. The molecule has 42 heavy (non-hydrogen) atoms. The van der Waals surface area contributed by atoms with Crippen molar-refractivity contribution in [1.82, 2.24) is 4.90 Å². The molecule has 0 radical (unpaired) electrons. The second-order valence-electron chi connectivity index (χ2n) is 11.9. The number of esters is 1. The number of epoxide rings is 2. The van der Waals surface area contributed by atoms with Crippen LogP contribution in [0.25, 0.3) is 0 Å². The second-order valence-corrected chi connectivity index (χ2v) is 11.9. The van der Waals surface area contributed by atoms with Crippen molar-refractivity contribution in [3.05, 3.63) is 102 Å². The first-order valence-corrected chi connectivity index (χ1v) is 14.4. The van der Waals surface area contributed by atoms with Gasteiger partial charge in [0.2, 0.25) is 5.60 Å². The number of para-hydroxylation sites is 1. The molecule has 218 valence electrons. The van der Waals surface area contributed by atoms with Gasteiger partial charge in [0.1, 0.15) is 11.9 Å². The Hall–Kier alpha value is -3.63. The zero-order valence-electron chi connectivity index (χ0n) is 23.5. The molecule has 7 rings (SSSR count). The van der Waals surface area contributed by atoms with Gasteiger partial charge >= 0.3 is 5.97 Å². The SMILES string of the molecule is CC(C)[C@]12O[C@@]1(C(=O)Nc1ccccc1)[C@@]1(c3ccccc3)O[C@]1(c1ccc(F)cc1)N2CC[C@@H]1C[C@@H](O)CC(=O)O1. The molecular weight excluding hydrogens is 539 g/mol. The predicted octanol–water partition coefficient (Wildman–Crippen LogP) is 4.44. The van der Waals surface area contributed by atoms with Crippen molar-refractivity contribution < 1.29 is 33.3 Å². The summed E-state index contributed by atoms with van der Waals surface area (Å²) >= 11 is 0. The molecule has 9 heteroatoms. The average Bonchev–Trinajstić information content (AvgIpc) is 3.86. The first kappa shape index (κ1) is 27.2. The molecule has 8 nitrogen and oxygen atoms in total. The lowest BCUT2D eigenvalue weighted by atomic mass is 9.76. The summed E-state index contributed by atoms with van der Waals surface area (Å²) in [4.78, 5) is 28.8. The van der Waals surface area contributed by atoms with E-state index < -0.39 is 40.8 Å². The maximum atomic E-state index is 14.6. The summed E-state index contributed by atoms with van der Waals surface area (Å²) < 4.78 is 33.4. The number of fused-ring (bicyclic) bond motifs is 3. The number of benzene rings is 3. The Kier molecular flexibility index (Phi) is 6.12. The van der Waals surface area contributed by atoms with Crippen molar-refractivity contribution in [2.24, 2.45) is 5.92 Å². The largest absolute Gasteiger partial charge is 0.462 e. The summed E-state index contributed by atoms with van der Waals surface area (Å²) in [5.74, 6) is -1.33. The lowest BCUT2D eigenvalue weighted by molar-refractivity contribution is -0.161. The van der Waals surface area contributed by atoms with Gasteiger partial charge in [-0.3, -0.25) is 9.59 Å². The van der Waals surface area contributed by atoms with E-state index in [1.165, 1.54) is 12.1 Å². The Labute approximate surface area is 243 Å². The van der Waals surface area contributed by atoms with Gasteiger partial charge in [-0.25, -0.2) is 9.29 Å². The van der Waals surface area contributed by atoms with E-state index in [9.17, 15) is 19.1 Å². The summed E-state index contributed by atoms with van der Waals surface area (Å²) in [6.07, 6.45) is -0.597. The highest BCUT2D eigenvalue weighted by molar-refractivity contribution is 6.03. The van der Waals surface area contributed by atoms with E-state index in [1.807, 2.05) is 74.5 Å². The minimum absolute atomic E-state index is 0.0260. The number of amides is 1. The number of nitrogens with one attached hydrogen (secondary N) is 1. The molecule has 0 aromatic heterocycles. The van der Waals surface area contributed by atoms with Crippen LogP contribution >= 0.6 is 0 Å². The summed E-state index contributed by atoms with van der Waals surface area (Å²) in [6, 6.07) is 24.9. The minimum Gasteiger partial charge on any atom is -0.462 e. The van der Waals surface area contributed by atoms with Gasteiger partial charge in [0.05, 0.1) is 12.5 Å². The Morgan fingerprint density at radius 2 is 1.67 bits per heavy atom. The second kappa shape index (κ2) is 9.44. The number of hydrogen-bond acceptors (Lipinski definition) is 7. The molecule has 2 N–H and O–H groups in total. The van der Waals surface area contributed by atoms with Crippen molar-refractivity contribution in [1.29, 1.82) is 0 Å². The van der Waals surface area contributed by atoms with E-state index in [-0.39, 0.29) is 24.1 Å². The van der Waals surface area contributed by atoms with Gasteiger partial charge < -0.3 is 24.6 Å². The number of aliphatic hydroxyl groups excluding tert-OH is 1. The molecule has 4 heterocycles. The monoisotopic (exact) mass is 572 g/mol. The maximum absolute atomic E-state index is 14.6. The molecule has 0 bridgehead atoms. The number of carbonyl (C=O) groups excluding carboxylic acids is 2. The number of hydrogen-bond donors (Lipinski definition) is 2. The highest BCUT2D eigenvalue weighted by atomic mass is 19.1. The van der Waals surface area contributed by atoms with Crippen molar-refractivity contribution >= 4 is 17.6 Å². The molecule has 3 aromatic carbocycles. The number of nitrogens with zero attached hydrogens (tertiary/aromatic N) is 1. The highest BCUT2D eigenvalue weighted by Crippen LogP contribution is 2.86. The number of anilines is 1. The lowest BCUT2D eigenvalue weighted by Gasteiger charge is -2.36. The summed E-state index contributed by atoms with van der Waals surface area (Å²) in [6.45, 7) is 4.35. The van der Waals surface area contributed by atoms with Gasteiger partial charge in [-0.2, -0.15) is 0 Å². The zero-order valence-corrected chi connectivity index (χ0v) is 23.5. The van der Waals surface area contributed by atoms with Crippen molar-refractivity contribution in [3.63, 3.8) is 0 Å². The molecule has 6 atom stereocenters. The van der Waals surface area contributed by atoms with Crippen LogP contribution in [0.2, 0.25) is 0 Å². The van der Waals surface area contributed by atoms with Crippen LogP contribution in [-0.4, -0.2) is 52.0 Å². The third-order valence-electron chi connectivity index (χ3n) is 9.24. The Bertz CT molecular complexity index is 1520. The first-order valence-electron chi connectivity index (χ1n) is 14.4. The van der Waals surface area contributed by atoms with Gasteiger partial charge in [0.25, 0.3) is 5.91 Å². The van der Waals surface area contributed by atoms with Crippen LogP contribution in [0.15, 0.2) is 84.9 Å². The fraction of sp³-hybridized carbons (Fsp3) is 0.394. The fourth-order valence-corrected chi connectivity index (χ4v) is 7.57. The normalized spacial score (nSPS) is 34.8. The molecule has 0 aliphatic carbocycles. The highest BCUT2D eigenvalue weighted by Gasteiger charge is 3.06. The molecule has 4 aliphatic heterocycles. The Balaban J connectivity index is 1.39. The van der Waals surface area contributed by atoms with E-state index >= 15 is 0 Å². The Morgan fingerprint density at radius 3 is 2.31 bits per heavy atom. The average molecular weight is 573 g/mol. The summed E-state index contributed by atoms with van der Waals surface area (Å²) in [5, 5.41) is 13.3. The quantitative estimate of drug-likeness (QED) is 0.304. The van der Waals surface area contributed by atoms with E-state index in [0.29, 0.717) is 30.6 Å². The van der Waals surface area contributed by atoms with Gasteiger partial charge in [-0.05, 0) is 42.2 Å². The van der Waals surface area contributed by atoms with Gasteiger partial charge in [0, 0.05) is 24.2 Å². The molecular formula is C33H33FN2O6. The minimum atomic E-state index is -1.46. The predicted molar refractivity (Wildman–Crippen MR) is 150 cm³/mol. The van der Waals surface area contributed by atoms with Crippen molar-refractivity contribution in [2.45, 2.75) is 68.0 Å². The van der Waals surface area contributed by atoms with Crippen molar-refractivity contribution in [3.8, 4) is 0 Å². The molecule has 0 spiro atoms. The van der Waals surface area contributed by atoms with Crippen LogP contribution in [0.1, 0.15) is 44.2 Å². The number of cyclic esters (lactones) is 1.